The Morgan fingerprint density at radius 1 is 1.10 bits per heavy atom. The van der Waals surface area contributed by atoms with E-state index in [1.807, 2.05) is 57.2 Å². The van der Waals surface area contributed by atoms with Gasteiger partial charge in [0, 0.05) is 0 Å². The van der Waals surface area contributed by atoms with E-state index in [2.05, 4.69) is 16.6 Å². The predicted molar refractivity (Wildman–Crippen MR) is 86.5 cm³/mol. The van der Waals surface area contributed by atoms with E-state index in [9.17, 15) is 4.79 Å². The van der Waals surface area contributed by atoms with Crippen LogP contribution in [0.2, 0.25) is 0 Å². The third-order valence-electron chi connectivity index (χ3n) is 3.43. The molecule has 3 heteroatoms. The molecule has 1 amide bonds. The van der Waals surface area contributed by atoms with Gasteiger partial charge < -0.3 is 0 Å². The van der Waals surface area contributed by atoms with Crippen LogP contribution in [0.25, 0.3) is 0 Å². The van der Waals surface area contributed by atoms with Crippen LogP contribution < -0.4 is 5.43 Å². The molecule has 0 bridgehead atoms. The van der Waals surface area contributed by atoms with Gasteiger partial charge in [-0.25, -0.2) is 5.43 Å². The average Bonchev–Trinajstić information content (AvgIpc) is 2.44. The first-order chi connectivity index (χ1) is 10.1. The van der Waals surface area contributed by atoms with E-state index in [-0.39, 0.29) is 5.91 Å². The van der Waals surface area contributed by atoms with E-state index in [1.54, 1.807) is 6.21 Å². The molecule has 108 valence electrons. The van der Waals surface area contributed by atoms with Crippen LogP contribution in [0.1, 0.15) is 27.8 Å². The molecule has 2 rings (SSSR count). The summed E-state index contributed by atoms with van der Waals surface area (Å²) in [5.41, 5.74) is 8.08. The first kappa shape index (κ1) is 15.0. The molecule has 0 saturated carbocycles. The Balaban J connectivity index is 1.95. The van der Waals surface area contributed by atoms with Gasteiger partial charge in [-0.1, -0.05) is 48.0 Å². The van der Waals surface area contributed by atoms with Crippen LogP contribution in [0.4, 0.5) is 0 Å². The molecule has 0 saturated heterocycles. The van der Waals surface area contributed by atoms with Gasteiger partial charge in [-0.3, -0.25) is 4.79 Å². The summed E-state index contributed by atoms with van der Waals surface area (Å²) in [4.78, 5) is 11.9. The van der Waals surface area contributed by atoms with Crippen LogP contribution in [-0.2, 0) is 11.2 Å². The minimum atomic E-state index is -0.105. The highest BCUT2D eigenvalue weighted by Crippen LogP contribution is 2.11. The zero-order chi connectivity index (χ0) is 15.2. The zero-order valence-electron chi connectivity index (χ0n) is 12.7. The minimum absolute atomic E-state index is 0.105. The molecule has 0 aromatic heterocycles. The van der Waals surface area contributed by atoms with Crippen LogP contribution in [0.3, 0.4) is 0 Å². The topological polar surface area (TPSA) is 41.5 Å². The summed E-state index contributed by atoms with van der Waals surface area (Å²) in [7, 11) is 0. The number of amides is 1. The summed E-state index contributed by atoms with van der Waals surface area (Å²) in [5, 5.41) is 4.02. The molecule has 0 aliphatic rings. The fourth-order valence-electron chi connectivity index (χ4n) is 2.16. The standard InChI is InChI=1S/C18H20N2O/c1-13-8-9-16(15(3)10-13)11-18(21)20-19-12-17-7-5-4-6-14(17)2/h4-10,12H,11H2,1-3H3,(H,20,21)/b19-12+. The van der Waals surface area contributed by atoms with Crippen molar-refractivity contribution >= 4 is 12.1 Å². The van der Waals surface area contributed by atoms with E-state index in [4.69, 9.17) is 0 Å². The number of nitrogens with one attached hydrogen (secondary N) is 1. The van der Waals surface area contributed by atoms with Gasteiger partial charge in [0.25, 0.3) is 0 Å². The molecule has 3 nitrogen and oxygen atoms in total. The largest absolute Gasteiger partial charge is 0.273 e. The maximum Gasteiger partial charge on any atom is 0.244 e. The lowest BCUT2D eigenvalue weighted by Crippen LogP contribution is -2.20. The maximum atomic E-state index is 11.9. The Kier molecular flexibility index (Phi) is 4.88. The van der Waals surface area contributed by atoms with Crippen LogP contribution in [0, 0.1) is 20.8 Å². The van der Waals surface area contributed by atoms with Gasteiger partial charge in [-0.2, -0.15) is 5.10 Å². The van der Waals surface area contributed by atoms with Crippen LogP contribution in [0.5, 0.6) is 0 Å². The summed E-state index contributed by atoms with van der Waals surface area (Å²) in [6, 6.07) is 14.0. The summed E-state index contributed by atoms with van der Waals surface area (Å²) in [5.74, 6) is -0.105. The van der Waals surface area contributed by atoms with Gasteiger partial charge >= 0.3 is 0 Å². The molecule has 21 heavy (non-hydrogen) atoms. The quantitative estimate of drug-likeness (QED) is 0.677. The van der Waals surface area contributed by atoms with Crippen molar-refractivity contribution < 1.29 is 4.79 Å². The van der Waals surface area contributed by atoms with E-state index >= 15 is 0 Å². The summed E-state index contributed by atoms with van der Waals surface area (Å²) in [6.45, 7) is 6.08. The summed E-state index contributed by atoms with van der Waals surface area (Å²) < 4.78 is 0. The van der Waals surface area contributed by atoms with Crippen molar-refractivity contribution in [3.63, 3.8) is 0 Å². The minimum Gasteiger partial charge on any atom is -0.273 e. The lowest BCUT2D eigenvalue weighted by atomic mass is 10.0. The molecule has 0 aliphatic heterocycles. The summed E-state index contributed by atoms with van der Waals surface area (Å²) in [6.07, 6.45) is 2.02. The number of aryl methyl sites for hydroxylation is 3. The number of hydrogen-bond acceptors (Lipinski definition) is 2. The predicted octanol–water partition coefficient (Wildman–Crippen LogP) is 3.30. The monoisotopic (exact) mass is 280 g/mol. The molecule has 0 unspecified atom stereocenters. The number of hydrogen-bond donors (Lipinski definition) is 1. The molecule has 2 aromatic rings. The van der Waals surface area contributed by atoms with Crippen molar-refractivity contribution in [3.05, 3.63) is 70.3 Å². The van der Waals surface area contributed by atoms with Crippen molar-refractivity contribution in [3.8, 4) is 0 Å². The molecule has 1 N–H and O–H groups in total. The lowest BCUT2D eigenvalue weighted by Gasteiger charge is -2.06. The third-order valence-corrected chi connectivity index (χ3v) is 3.43. The second-order valence-corrected chi connectivity index (χ2v) is 5.26. The number of nitrogens with zero attached hydrogens (tertiary/aromatic N) is 1. The van der Waals surface area contributed by atoms with E-state index in [0.29, 0.717) is 6.42 Å². The van der Waals surface area contributed by atoms with E-state index < -0.39 is 0 Å². The number of rotatable bonds is 4. The molecule has 0 radical (unpaired) electrons. The molecule has 0 aliphatic carbocycles. The fraction of sp³-hybridized carbons (Fsp3) is 0.222. The SMILES string of the molecule is Cc1ccc(CC(=O)N/N=C/c2ccccc2C)c(C)c1. The normalized spacial score (nSPS) is 10.8. The number of carbonyl (C=O) groups is 1. The Morgan fingerprint density at radius 2 is 1.86 bits per heavy atom. The van der Waals surface area contributed by atoms with Gasteiger partial charge in [-0.05, 0) is 43.0 Å². The molecule has 0 fully saturated rings. The first-order valence-electron chi connectivity index (χ1n) is 7.00. The second-order valence-electron chi connectivity index (χ2n) is 5.26. The molecular formula is C18H20N2O. The Morgan fingerprint density at radius 3 is 2.57 bits per heavy atom. The van der Waals surface area contributed by atoms with Crippen molar-refractivity contribution in [2.75, 3.05) is 0 Å². The second kappa shape index (κ2) is 6.84. The van der Waals surface area contributed by atoms with Gasteiger partial charge in [0.05, 0.1) is 12.6 Å². The molecule has 0 heterocycles. The zero-order valence-corrected chi connectivity index (χ0v) is 12.7. The Bertz CT molecular complexity index is 675. The van der Waals surface area contributed by atoms with E-state index in [1.165, 1.54) is 5.56 Å². The number of hydrazone groups is 1. The van der Waals surface area contributed by atoms with Crippen molar-refractivity contribution in [1.29, 1.82) is 0 Å². The van der Waals surface area contributed by atoms with Crippen molar-refractivity contribution in [1.82, 2.24) is 5.43 Å². The van der Waals surface area contributed by atoms with Crippen molar-refractivity contribution in [2.24, 2.45) is 5.10 Å². The van der Waals surface area contributed by atoms with Gasteiger partial charge in [0.1, 0.15) is 0 Å². The van der Waals surface area contributed by atoms with Crippen LogP contribution in [-0.4, -0.2) is 12.1 Å². The molecule has 0 atom stereocenters. The van der Waals surface area contributed by atoms with Crippen molar-refractivity contribution in [2.45, 2.75) is 27.2 Å². The van der Waals surface area contributed by atoms with Gasteiger partial charge in [0.15, 0.2) is 0 Å². The maximum absolute atomic E-state index is 11.9. The smallest absolute Gasteiger partial charge is 0.244 e. The average molecular weight is 280 g/mol. The fourth-order valence-corrected chi connectivity index (χ4v) is 2.16. The van der Waals surface area contributed by atoms with Gasteiger partial charge in [-0.15, -0.1) is 0 Å². The van der Waals surface area contributed by atoms with E-state index in [0.717, 1.165) is 22.3 Å². The third kappa shape index (κ3) is 4.28. The Labute approximate surface area is 125 Å². The highest BCUT2D eigenvalue weighted by molar-refractivity contribution is 5.84. The van der Waals surface area contributed by atoms with Crippen LogP contribution in [0.15, 0.2) is 47.6 Å². The van der Waals surface area contributed by atoms with Crippen LogP contribution >= 0.6 is 0 Å². The number of benzene rings is 2. The Hall–Kier alpha value is -2.42. The highest BCUT2D eigenvalue weighted by atomic mass is 16.2. The number of carbonyl (C=O) groups excluding carboxylic acids is 1. The molecule has 0 spiro atoms. The molecular weight excluding hydrogens is 260 g/mol. The first-order valence-corrected chi connectivity index (χ1v) is 7.00. The molecule has 2 aromatic carbocycles. The highest BCUT2D eigenvalue weighted by Gasteiger charge is 2.05. The van der Waals surface area contributed by atoms with Gasteiger partial charge in [0.2, 0.25) is 5.91 Å². The lowest BCUT2D eigenvalue weighted by molar-refractivity contribution is -0.120. The summed E-state index contributed by atoms with van der Waals surface area (Å²) >= 11 is 0.